The van der Waals surface area contributed by atoms with E-state index in [0.29, 0.717) is 19.8 Å². The lowest BCUT2D eigenvalue weighted by atomic mass is 10.0. The zero-order chi connectivity index (χ0) is 20.0. The summed E-state index contributed by atoms with van der Waals surface area (Å²) in [7, 11) is 1.68. The van der Waals surface area contributed by atoms with Gasteiger partial charge in [0.15, 0.2) is 5.96 Å². The zero-order valence-corrected chi connectivity index (χ0v) is 20.6. The van der Waals surface area contributed by atoms with E-state index in [9.17, 15) is 0 Å². The Bertz CT molecular complexity index is 586. The van der Waals surface area contributed by atoms with Crippen LogP contribution in [0.15, 0.2) is 29.3 Å². The molecule has 2 rings (SSSR count). The number of methoxy groups -OCH3 is 1. The lowest BCUT2D eigenvalue weighted by Gasteiger charge is -2.33. The summed E-state index contributed by atoms with van der Waals surface area (Å²) in [5.41, 5.74) is 1.13. The summed E-state index contributed by atoms with van der Waals surface area (Å²) >= 11 is 0. The summed E-state index contributed by atoms with van der Waals surface area (Å²) in [4.78, 5) is 7.34. The van der Waals surface area contributed by atoms with Crippen molar-refractivity contribution in [2.24, 2.45) is 4.99 Å². The van der Waals surface area contributed by atoms with Crippen LogP contribution in [-0.4, -0.2) is 63.4 Å². The molecule has 0 saturated carbocycles. The highest BCUT2D eigenvalue weighted by Crippen LogP contribution is 2.16. The summed E-state index contributed by atoms with van der Waals surface area (Å²) in [6.07, 6.45) is 5.20. The zero-order valence-electron chi connectivity index (χ0n) is 18.3. The van der Waals surface area contributed by atoms with E-state index in [1.165, 1.54) is 25.8 Å². The van der Waals surface area contributed by atoms with Gasteiger partial charge in [-0.25, -0.2) is 4.99 Å². The number of aliphatic imine (C=N–C) groups is 1. The largest absolute Gasteiger partial charge is 0.491 e. The van der Waals surface area contributed by atoms with Crippen molar-refractivity contribution < 1.29 is 9.47 Å². The molecule has 0 spiro atoms. The van der Waals surface area contributed by atoms with Crippen LogP contribution in [0.4, 0.5) is 0 Å². The van der Waals surface area contributed by atoms with Gasteiger partial charge < -0.3 is 25.0 Å². The maximum atomic E-state index is 5.68. The van der Waals surface area contributed by atoms with E-state index in [-0.39, 0.29) is 24.0 Å². The van der Waals surface area contributed by atoms with Gasteiger partial charge in [-0.05, 0) is 57.4 Å². The molecule has 0 aliphatic carbocycles. The van der Waals surface area contributed by atoms with Crippen molar-refractivity contribution in [2.75, 3.05) is 46.5 Å². The van der Waals surface area contributed by atoms with E-state index >= 15 is 0 Å². The number of hydrogen-bond acceptors (Lipinski definition) is 4. The summed E-state index contributed by atoms with van der Waals surface area (Å²) < 4.78 is 10.7. The monoisotopic (exact) mass is 518 g/mol. The normalized spacial score (nSPS) is 17.5. The summed E-state index contributed by atoms with van der Waals surface area (Å²) in [6, 6.07) is 8.82. The summed E-state index contributed by atoms with van der Waals surface area (Å²) in [5.74, 6) is 1.73. The minimum Gasteiger partial charge on any atom is -0.491 e. The van der Waals surface area contributed by atoms with Crippen LogP contribution in [-0.2, 0) is 11.3 Å². The predicted molar refractivity (Wildman–Crippen MR) is 132 cm³/mol. The second-order valence-electron chi connectivity index (χ2n) is 7.34. The minimum atomic E-state index is 0. The highest BCUT2D eigenvalue weighted by atomic mass is 127. The molecule has 0 amide bonds. The van der Waals surface area contributed by atoms with Crippen LogP contribution in [0.3, 0.4) is 0 Å². The van der Waals surface area contributed by atoms with Crippen molar-refractivity contribution in [3.63, 3.8) is 0 Å². The second-order valence-corrected chi connectivity index (χ2v) is 7.34. The first-order chi connectivity index (χ1) is 13.7. The van der Waals surface area contributed by atoms with Gasteiger partial charge in [0.1, 0.15) is 12.4 Å². The number of halogens is 1. The molecule has 0 bridgehead atoms. The van der Waals surface area contributed by atoms with Crippen LogP contribution in [0.25, 0.3) is 0 Å². The van der Waals surface area contributed by atoms with Gasteiger partial charge in [0.05, 0.1) is 13.2 Å². The number of likely N-dealkylation sites (tertiary alicyclic amines) is 1. The number of nitrogens with zero attached hydrogens (tertiary/aromatic N) is 2. The van der Waals surface area contributed by atoms with Crippen molar-refractivity contribution in [1.82, 2.24) is 15.5 Å². The molecule has 0 aromatic heterocycles. The first kappa shape index (κ1) is 26.0. The van der Waals surface area contributed by atoms with Gasteiger partial charge in [-0.1, -0.05) is 18.6 Å². The lowest BCUT2D eigenvalue weighted by Crippen LogP contribution is -2.41. The maximum absolute atomic E-state index is 5.68. The third kappa shape index (κ3) is 10.5. The highest BCUT2D eigenvalue weighted by Gasteiger charge is 2.17. The minimum absolute atomic E-state index is 0. The Balaban J connectivity index is 0.00000420. The Morgan fingerprint density at radius 2 is 2.10 bits per heavy atom. The quantitative estimate of drug-likeness (QED) is 0.203. The van der Waals surface area contributed by atoms with Crippen LogP contribution in [0.2, 0.25) is 0 Å². The highest BCUT2D eigenvalue weighted by molar-refractivity contribution is 14.0. The molecule has 1 atom stereocenters. The average molecular weight is 518 g/mol. The van der Waals surface area contributed by atoms with Gasteiger partial charge in [-0.15, -0.1) is 24.0 Å². The fourth-order valence-electron chi connectivity index (χ4n) is 3.47. The van der Waals surface area contributed by atoms with E-state index < -0.39 is 0 Å². The Kier molecular flexibility index (Phi) is 14.1. The van der Waals surface area contributed by atoms with Crippen molar-refractivity contribution in [3.8, 4) is 5.75 Å². The van der Waals surface area contributed by atoms with E-state index in [1.54, 1.807) is 7.11 Å². The van der Waals surface area contributed by atoms with Gasteiger partial charge in [0, 0.05) is 32.8 Å². The smallest absolute Gasteiger partial charge is 0.191 e. The van der Waals surface area contributed by atoms with Crippen LogP contribution in [0.1, 0.15) is 45.1 Å². The van der Waals surface area contributed by atoms with Crippen molar-refractivity contribution >= 4 is 29.9 Å². The van der Waals surface area contributed by atoms with Gasteiger partial charge in [0.2, 0.25) is 0 Å². The molecule has 2 N–H and O–H groups in total. The standard InChI is InChI=1S/C22H38N4O2.HI/c1-4-23-22(24-12-8-14-26-13-6-5-9-19(26)2)25-18-20-10-7-11-21(17-20)28-16-15-27-3;/h7,10-11,17,19H,4-6,8-9,12-16,18H2,1-3H3,(H2,23,24,25);1H. The fraction of sp³-hybridized carbons (Fsp3) is 0.682. The van der Waals surface area contributed by atoms with Crippen LogP contribution >= 0.6 is 24.0 Å². The molecule has 1 aromatic rings. The molecule has 166 valence electrons. The van der Waals surface area contributed by atoms with E-state index in [2.05, 4.69) is 35.4 Å². The molecule has 1 aliphatic heterocycles. The second kappa shape index (κ2) is 15.7. The molecule has 1 aliphatic rings. The number of rotatable bonds is 11. The molecule has 1 heterocycles. The first-order valence-electron chi connectivity index (χ1n) is 10.7. The predicted octanol–water partition coefficient (Wildman–Crippen LogP) is 3.65. The lowest BCUT2D eigenvalue weighted by molar-refractivity contribution is 0.146. The van der Waals surface area contributed by atoms with Crippen molar-refractivity contribution in [2.45, 2.75) is 52.1 Å². The van der Waals surface area contributed by atoms with E-state index in [4.69, 9.17) is 14.5 Å². The number of ether oxygens (including phenoxy) is 2. The van der Waals surface area contributed by atoms with Crippen LogP contribution in [0.5, 0.6) is 5.75 Å². The van der Waals surface area contributed by atoms with Crippen molar-refractivity contribution in [1.29, 1.82) is 0 Å². The molecule has 1 unspecified atom stereocenters. The fourth-order valence-corrected chi connectivity index (χ4v) is 3.47. The summed E-state index contributed by atoms with van der Waals surface area (Å²) in [5, 5.41) is 6.80. The molecule has 6 nitrogen and oxygen atoms in total. The maximum Gasteiger partial charge on any atom is 0.191 e. The third-order valence-electron chi connectivity index (χ3n) is 5.07. The topological polar surface area (TPSA) is 58.1 Å². The number of benzene rings is 1. The third-order valence-corrected chi connectivity index (χ3v) is 5.07. The molecule has 1 saturated heterocycles. The number of hydrogen-bond donors (Lipinski definition) is 2. The van der Waals surface area contributed by atoms with Crippen LogP contribution in [0, 0.1) is 0 Å². The average Bonchev–Trinajstić information content (AvgIpc) is 2.71. The Hall–Kier alpha value is -1.06. The Labute approximate surface area is 193 Å². The SMILES string of the molecule is CCNC(=NCc1cccc(OCCOC)c1)NCCCN1CCCCC1C.I. The molecule has 1 aromatic carbocycles. The van der Waals surface area contributed by atoms with Crippen LogP contribution < -0.4 is 15.4 Å². The number of nitrogens with one attached hydrogen (secondary N) is 2. The van der Waals surface area contributed by atoms with Gasteiger partial charge in [0.25, 0.3) is 0 Å². The molecule has 1 fully saturated rings. The van der Waals surface area contributed by atoms with Gasteiger partial charge >= 0.3 is 0 Å². The Morgan fingerprint density at radius 1 is 1.24 bits per heavy atom. The molecular weight excluding hydrogens is 479 g/mol. The molecule has 0 radical (unpaired) electrons. The van der Waals surface area contributed by atoms with Gasteiger partial charge in [-0.3, -0.25) is 0 Å². The summed E-state index contributed by atoms with van der Waals surface area (Å²) in [6.45, 7) is 10.4. The van der Waals surface area contributed by atoms with E-state index in [1.807, 2.05) is 18.2 Å². The first-order valence-corrected chi connectivity index (χ1v) is 10.7. The molecule has 7 heteroatoms. The van der Waals surface area contributed by atoms with E-state index in [0.717, 1.165) is 49.4 Å². The van der Waals surface area contributed by atoms with Gasteiger partial charge in [-0.2, -0.15) is 0 Å². The molecule has 29 heavy (non-hydrogen) atoms. The number of guanidine groups is 1. The Morgan fingerprint density at radius 3 is 2.86 bits per heavy atom. The molecular formula is C22H39IN4O2. The number of piperidine rings is 1. The van der Waals surface area contributed by atoms with Crippen molar-refractivity contribution in [3.05, 3.63) is 29.8 Å².